The van der Waals surface area contributed by atoms with Crippen molar-refractivity contribution in [1.82, 2.24) is 4.90 Å². The molecule has 5 heteroatoms. The summed E-state index contributed by atoms with van der Waals surface area (Å²) in [6, 6.07) is 9.39. The number of carbonyl (C=O) groups excluding carboxylic acids is 1. The molecule has 0 saturated heterocycles. The van der Waals surface area contributed by atoms with E-state index >= 15 is 0 Å². The zero-order valence-electron chi connectivity index (χ0n) is 13.4. The molecule has 1 aromatic rings. The normalized spacial score (nSPS) is 15.3. The Morgan fingerprint density at radius 1 is 1.23 bits per heavy atom. The van der Waals surface area contributed by atoms with Crippen molar-refractivity contribution in [2.24, 2.45) is 5.92 Å². The van der Waals surface area contributed by atoms with Crippen LogP contribution >= 0.6 is 0 Å². The van der Waals surface area contributed by atoms with Crippen molar-refractivity contribution < 1.29 is 19.8 Å². The van der Waals surface area contributed by atoms with Gasteiger partial charge in [0.1, 0.15) is 0 Å². The van der Waals surface area contributed by atoms with Crippen LogP contribution in [0.1, 0.15) is 32.3 Å². The van der Waals surface area contributed by atoms with E-state index in [0.717, 1.165) is 12.0 Å². The number of carboxylic acid groups (broad SMARTS) is 1. The highest BCUT2D eigenvalue weighted by atomic mass is 16.4. The summed E-state index contributed by atoms with van der Waals surface area (Å²) in [6.45, 7) is 4.57. The molecule has 0 aliphatic heterocycles. The van der Waals surface area contributed by atoms with Crippen molar-refractivity contribution in [2.45, 2.75) is 45.4 Å². The standard InChI is InChI=1S/C17H25NO4/c1-4-12(2)16(14(19)10-15(20)17(21)22)18(3)11-13-8-6-5-7-9-13/h5-9,12,15-16,20H,4,10-11H2,1-3H3,(H,21,22)/t12-,15?,16-/m0/s1. The summed E-state index contributed by atoms with van der Waals surface area (Å²) in [5.74, 6) is -1.51. The molecule has 0 heterocycles. The van der Waals surface area contributed by atoms with Crippen molar-refractivity contribution >= 4 is 11.8 Å². The van der Waals surface area contributed by atoms with E-state index in [2.05, 4.69) is 0 Å². The summed E-state index contributed by atoms with van der Waals surface area (Å²) < 4.78 is 0. The highest BCUT2D eigenvalue weighted by Gasteiger charge is 2.30. The Balaban J connectivity index is 2.83. The van der Waals surface area contributed by atoms with Crippen molar-refractivity contribution in [2.75, 3.05) is 7.05 Å². The van der Waals surface area contributed by atoms with Crippen LogP contribution in [0.4, 0.5) is 0 Å². The SMILES string of the molecule is CC[C@H](C)[C@@H](C(=O)CC(O)C(=O)O)N(C)Cc1ccccc1. The molecule has 0 radical (unpaired) electrons. The molecule has 0 aliphatic carbocycles. The van der Waals surface area contributed by atoms with Gasteiger partial charge in [0.2, 0.25) is 0 Å². The van der Waals surface area contributed by atoms with Crippen LogP contribution in [0.15, 0.2) is 30.3 Å². The van der Waals surface area contributed by atoms with Crippen LogP contribution in [-0.4, -0.2) is 46.1 Å². The first-order valence-electron chi connectivity index (χ1n) is 7.54. The molecule has 2 N–H and O–H groups in total. The molecule has 0 aromatic heterocycles. The van der Waals surface area contributed by atoms with Gasteiger partial charge in [-0.2, -0.15) is 0 Å². The maximum atomic E-state index is 12.4. The molecule has 1 aromatic carbocycles. The van der Waals surface area contributed by atoms with E-state index in [0.29, 0.717) is 6.54 Å². The Labute approximate surface area is 131 Å². The van der Waals surface area contributed by atoms with Gasteiger partial charge in [0, 0.05) is 13.0 Å². The summed E-state index contributed by atoms with van der Waals surface area (Å²) in [4.78, 5) is 25.1. The number of likely N-dealkylation sites (N-methyl/N-ethyl adjacent to an activating group) is 1. The minimum atomic E-state index is -1.64. The number of aliphatic hydroxyl groups excluding tert-OH is 1. The van der Waals surface area contributed by atoms with E-state index in [9.17, 15) is 14.7 Å². The first kappa shape index (κ1) is 18.3. The monoisotopic (exact) mass is 307 g/mol. The average Bonchev–Trinajstić information content (AvgIpc) is 2.47. The van der Waals surface area contributed by atoms with Crippen LogP contribution in [0.3, 0.4) is 0 Å². The molecule has 5 nitrogen and oxygen atoms in total. The van der Waals surface area contributed by atoms with Gasteiger partial charge in [0.05, 0.1) is 6.04 Å². The second kappa shape index (κ2) is 8.66. The van der Waals surface area contributed by atoms with Gasteiger partial charge in [-0.15, -0.1) is 0 Å². The number of rotatable bonds is 9. The van der Waals surface area contributed by atoms with E-state index in [4.69, 9.17) is 5.11 Å². The molecule has 1 unspecified atom stereocenters. The fourth-order valence-corrected chi connectivity index (χ4v) is 2.59. The number of carbonyl (C=O) groups is 2. The average molecular weight is 307 g/mol. The fraction of sp³-hybridized carbons (Fsp3) is 0.529. The molecule has 1 rings (SSSR count). The van der Waals surface area contributed by atoms with Crippen molar-refractivity contribution in [1.29, 1.82) is 0 Å². The van der Waals surface area contributed by atoms with E-state index in [-0.39, 0.29) is 18.1 Å². The second-order valence-electron chi connectivity index (χ2n) is 5.76. The Morgan fingerprint density at radius 2 is 1.82 bits per heavy atom. The molecule has 0 spiro atoms. The van der Waals surface area contributed by atoms with E-state index in [1.807, 2.05) is 56.1 Å². The molecule has 0 fully saturated rings. The number of hydrogen-bond donors (Lipinski definition) is 2. The predicted molar refractivity (Wildman–Crippen MR) is 84.4 cm³/mol. The third kappa shape index (κ3) is 5.24. The zero-order chi connectivity index (χ0) is 16.7. The lowest BCUT2D eigenvalue weighted by atomic mass is 9.91. The molecule has 22 heavy (non-hydrogen) atoms. The summed E-state index contributed by atoms with van der Waals surface area (Å²) >= 11 is 0. The van der Waals surface area contributed by atoms with Gasteiger partial charge < -0.3 is 10.2 Å². The van der Waals surface area contributed by atoms with Gasteiger partial charge in [-0.05, 0) is 18.5 Å². The largest absolute Gasteiger partial charge is 0.479 e. The van der Waals surface area contributed by atoms with Gasteiger partial charge in [0.25, 0.3) is 0 Å². The van der Waals surface area contributed by atoms with Gasteiger partial charge in [-0.25, -0.2) is 4.79 Å². The molecule has 0 bridgehead atoms. The summed E-state index contributed by atoms with van der Waals surface area (Å²) in [5, 5.41) is 18.2. The van der Waals surface area contributed by atoms with Gasteiger partial charge in [0.15, 0.2) is 11.9 Å². The van der Waals surface area contributed by atoms with Crippen LogP contribution in [0, 0.1) is 5.92 Å². The van der Waals surface area contributed by atoms with Crippen molar-refractivity contribution in [3.63, 3.8) is 0 Å². The lowest BCUT2D eigenvalue weighted by molar-refractivity contribution is -0.149. The highest BCUT2D eigenvalue weighted by Crippen LogP contribution is 2.19. The molecular weight excluding hydrogens is 282 g/mol. The van der Waals surface area contributed by atoms with Crippen LogP contribution in [-0.2, 0) is 16.1 Å². The molecule has 0 aliphatic rings. The minimum absolute atomic E-state index is 0.0854. The van der Waals surface area contributed by atoms with Gasteiger partial charge >= 0.3 is 5.97 Å². The van der Waals surface area contributed by atoms with Gasteiger partial charge in [-0.3, -0.25) is 9.69 Å². The smallest absolute Gasteiger partial charge is 0.332 e. The predicted octanol–water partition coefficient (Wildman–Crippen LogP) is 1.94. The molecular formula is C17H25NO4. The Kier molecular flexibility index (Phi) is 7.21. The number of ketones is 1. The number of hydrogen-bond acceptors (Lipinski definition) is 4. The highest BCUT2D eigenvalue weighted by molar-refractivity contribution is 5.88. The summed E-state index contributed by atoms with van der Waals surface area (Å²) in [6.07, 6.45) is -1.19. The Hall–Kier alpha value is -1.72. The lowest BCUT2D eigenvalue weighted by Gasteiger charge is -2.31. The van der Waals surface area contributed by atoms with Crippen molar-refractivity contribution in [3.05, 3.63) is 35.9 Å². The van der Waals surface area contributed by atoms with Crippen molar-refractivity contribution in [3.8, 4) is 0 Å². The van der Waals surface area contributed by atoms with E-state index in [1.54, 1.807) is 0 Å². The first-order chi connectivity index (χ1) is 10.4. The maximum Gasteiger partial charge on any atom is 0.332 e. The summed E-state index contributed by atoms with van der Waals surface area (Å²) in [5.41, 5.74) is 1.09. The van der Waals surface area contributed by atoms with Crippen LogP contribution < -0.4 is 0 Å². The Bertz CT molecular complexity index is 489. The number of aliphatic carboxylic acids is 1. The lowest BCUT2D eigenvalue weighted by Crippen LogP contribution is -2.44. The van der Waals surface area contributed by atoms with Gasteiger partial charge in [-0.1, -0.05) is 50.6 Å². The number of Topliss-reactive ketones (excluding diaryl/α,β-unsaturated/α-hetero) is 1. The fourth-order valence-electron chi connectivity index (χ4n) is 2.59. The third-order valence-corrected chi connectivity index (χ3v) is 3.94. The number of benzene rings is 1. The Morgan fingerprint density at radius 3 is 2.32 bits per heavy atom. The maximum absolute atomic E-state index is 12.4. The number of carboxylic acids is 1. The first-order valence-corrected chi connectivity index (χ1v) is 7.54. The number of nitrogens with zero attached hydrogens (tertiary/aromatic N) is 1. The summed E-state index contributed by atoms with van der Waals surface area (Å²) in [7, 11) is 1.86. The molecule has 3 atom stereocenters. The topological polar surface area (TPSA) is 77.8 Å². The molecule has 0 saturated carbocycles. The van der Waals surface area contributed by atoms with Crippen LogP contribution in [0.25, 0.3) is 0 Å². The van der Waals surface area contributed by atoms with Crippen LogP contribution in [0.5, 0.6) is 0 Å². The van der Waals surface area contributed by atoms with E-state index < -0.39 is 18.1 Å². The second-order valence-corrected chi connectivity index (χ2v) is 5.76. The minimum Gasteiger partial charge on any atom is -0.479 e. The van der Waals surface area contributed by atoms with E-state index in [1.165, 1.54) is 0 Å². The molecule has 122 valence electrons. The third-order valence-electron chi connectivity index (χ3n) is 3.94. The quantitative estimate of drug-likeness (QED) is 0.729. The zero-order valence-corrected chi connectivity index (χ0v) is 13.4. The van der Waals surface area contributed by atoms with Crippen LogP contribution in [0.2, 0.25) is 0 Å². The number of aliphatic hydroxyl groups is 1. The molecule has 0 amide bonds.